The molecule has 10 heteroatoms. The van der Waals surface area contributed by atoms with E-state index >= 15 is 0 Å². The number of ketones is 2. The summed E-state index contributed by atoms with van der Waals surface area (Å²) in [5, 5.41) is 2.88. The van der Waals surface area contributed by atoms with Crippen molar-refractivity contribution in [2.45, 2.75) is 19.0 Å². The molecule has 0 amide bonds. The average Bonchev–Trinajstić information content (AvgIpc) is 3.35. The van der Waals surface area contributed by atoms with Crippen molar-refractivity contribution in [3.05, 3.63) is 52.8 Å². The van der Waals surface area contributed by atoms with Crippen LogP contribution in [0.1, 0.15) is 39.4 Å². The highest BCUT2D eigenvalue weighted by atomic mass is 19.4. The first kappa shape index (κ1) is 20.3. The van der Waals surface area contributed by atoms with Crippen LogP contribution in [0.2, 0.25) is 0 Å². The monoisotopic (exact) mass is 423 g/mol. The summed E-state index contributed by atoms with van der Waals surface area (Å²) in [7, 11) is 0. The smallest absolute Gasteiger partial charge is 0.417 e. The van der Waals surface area contributed by atoms with Crippen LogP contribution in [0.25, 0.3) is 11.5 Å². The van der Waals surface area contributed by atoms with Gasteiger partial charge in [-0.15, -0.1) is 0 Å². The van der Waals surface area contributed by atoms with Gasteiger partial charge < -0.3 is 14.6 Å². The standard InChI is InChI=1S/C20H17F4N3O3/c21-12-5-3-4-11(20(22,23)24)15(12)19-26-16-17(29)13(10-14(28)18(16)30-19)25-6-9-27-7-1-2-8-27/h3-5,10,25H,1-2,6-9H2. The van der Waals surface area contributed by atoms with Crippen molar-refractivity contribution in [1.82, 2.24) is 15.2 Å². The molecule has 1 aromatic carbocycles. The molecular weight excluding hydrogens is 406 g/mol. The van der Waals surface area contributed by atoms with Crippen molar-refractivity contribution in [1.29, 1.82) is 0 Å². The first-order valence-electron chi connectivity index (χ1n) is 9.39. The Morgan fingerprint density at radius 3 is 2.60 bits per heavy atom. The van der Waals surface area contributed by atoms with Gasteiger partial charge in [0, 0.05) is 19.2 Å². The van der Waals surface area contributed by atoms with E-state index in [9.17, 15) is 27.2 Å². The Labute approximate surface area is 168 Å². The van der Waals surface area contributed by atoms with E-state index < -0.39 is 52.0 Å². The van der Waals surface area contributed by atoms with Gasteiger partial charge in [-0.25, -0.2) is 9.37 Å². The average molecular weight is 423 g/mol. The molecule has 0 unspecified atom stereocenters. The molecule has 0 saturated carbocycles. The number of Topliss-reactive ketones (excluding diaryl/α,β-unsaturated/α-hetero) is 1. The minimum absolute atomic E-state index is 0.0175. The molecule has 158 valence electrons. The minimum Gasteiger partial charge on any atom is -0.432 e. The van der Waals surface area contributed by atoms with Crippen molar-refractivity contribution >= 4 is 11.6 Å². The Kier molecular flexibility index (Phi) is 5.19. The lowest BCUT2D eigenvalue weighted by atomic mass is 10.0. The predicted octanol–water partition coefficient (Wildman–Crippen LogP) is 3.45. The maximum atomic E-state index is 14.2. The van der Waals surface area contributed by atoms with Crippen molar-refractivity contribution < 1.29 is 31.6 Å². The molecule has 0 spiro atoms. The van der Waals surface area contributed by atoms with Crippen LogP contribution in [0, 0.1) is 5.82 Å². The number of alkyl halides is 3. The van der Waals surface area contributed by atoms with Crippen molar-refractivity contribution in [2.75, 3.05) is 26.2 Å². The summed E-state index contributed by atoms with van der Waals surface area (Å²) < 4.78 is 59.2. The second-order valence-electron chi connectivity index (χ2n) is 7.08. The molecule has 0 atom stereocenters. The predicted molar refractivity (Wildman–Crippen MR) is 97.3 cm³/mol. The van der Waals surface area contributed by atoms with Crippen LogP contribution < -0.4 is 5.32 Å². The molecule has 6 nitrogen and oxygen atoms in total. The maximum absolute atomic E-state index is 14.2. The second-order valence-corrected chi connectivity index (χ2v) is 7.08. The van der Waals surface area contributed by atoms with Gasteiger partial charge in [-0.1, -0.05) is 6.07 Å². The van der Waals surface area contributed by atoms with Crippen LogP contribution >= 0.6 is 0 Å². The zero-order valence-corrected chi connectivity index (χ0v) is 15.7. The topological polar surface area (TPSA) is 75.4 Å². The van der Waals surface area contributed by atoms with E-state index in [1.165, 1.54) is 0 Å². The quantitative estimate of drug-likeness (QED) is 0.743. The molecule has 4 rings (SSSR count). The SMILES string of the molecule is O=C1C(NCCN2CCCC2)=CC(=O)c2oc(-c3c(F)cccc3C(F)(F)F)nc21. The third-order valence-corrected chi connectivity index (χ3v) is 5.06. The summed E-state index contributed by atoms with van der Waals surface area (Å²) >= 11 is 0. The highest BCUT2D eigenvalue weighted by Gasteiger charge is 2.39. The normalized spacial score (nSPS) is 17.3. The summed E-state index contributed by atoms with van der Waals surface area (Å²) in [6, 6.07) is 2.40. The van der Waals surface area contributed by atoms with Crippen molar-refractivity contribution in [3.8, 4) is 11.5 Å². The lowest BCUT2D eigenvalue weighted by Gasteiger charge is -2.17. The first-order valence-corrected chi connectivity index (χ1v) is 9.39. The summed E-state index contributed by atoms with van der Waals surface area (Å²) in [5.74, 6) is -3.90. The molecule has 0 bridgehead atoms. The fourth-order valence-corrected chi connectivity index (χ4v) is 3.60. The Morgan fingerprint density at radius 1 is 1.17 bits per heavy atom. The molecule has 2 aliphatic rings. The van der Waals surface area contributed by atoms with Crippen LogP contribution in [-0.2, 0) is 6.18 Å². The van der Waals surface area contributed by atoms with Crippen molar-refractivity contribution in [2.24, 2.45) is 0 Å². The summed E-state index contributed by atoms with van der Waals surface area (Å²) in [6.07, 6.45) is -1.63. The number of fused-ring (bicyclic) bond motifs is 1. The largest absolute Gasteiger partial charge is 0.432 e. The molecule has 1 aliphatic carbocycles. The lowest BCUT2D eigenvalue weighted by molar-refractivity contribution is -0.137. The van der Waals surface area contributed by atoms with Crippen LogP contribution in [0.15, 0.2) is 34.4 Å². The molecule has 1 aromatic heterocycles. The van der Waals surface area contributed by atoms with Gasteiger partial charge in [-0.3, -0.25) is 9.59 Å². The highest BCUT2D eigenvalue weighted by Crippen LogP contribution is 2.39. The third-order valence-electron chi connectivity index (χ3n) is 5.06. The Balaban J connectivity index is 1.60. The number of likely N-dealkylation sites (tertiary alicyclic amines) is 1. The van der Waals surface area contributed by atoms with E-state index in [-0.39, 0.29) is 5.70 Å². The fourth-order valence-electron chi connectivity index (χ4n) is 3.60. The molecule has 1 saturated heterocycles. The van der Waals surface area contributed by atoms with Gasteiger partial charge >= 0.3 is 6.18 Å². The van der Waals surface area contributed by atoms with Gasteiger partial charge in [0.2, 0.25) is 23.2 Å². The van der Waals surface area contributed by atoms with Crippen LogP contribution in [0.4, 0.5) is 17.6 Å². The van der Waals surface area contributed by atoms with Gasteiger partial charge in [0.05, 0.1) is 16.8 Å². The molecule has 1 N–H and O–H groups in total. The molecule has 30 heavy (non-hydrogen) atoms. The summed E-state index contributed by atoms with van der Waals surface area (Å²) in [5.41, 5.74) is -2.70. The van der Waals surface area contributed by atoms with E-state index in [0.717, 1.165) is 44.1 Å². The van der Waals surface area contributed by atoms with Crippen LogP contribution in [0.5, 0.6) is 0 Å². The number of allylic oxidation sites excluding steroid dienone is 2. The number of carbonyl (C=O) groups excluding carboxylic acids is 2. The number of aromatic nitrogens is 1. The number of rotatable bonds is 5. The van der Waals surface area contributed by atoms with Gasteiger partial charge in [0.25, 0.3) is 0 Å². The van der Waals surface area contributed by atoms with Gasteiger partial charge in [0.15, 0.2) is 5.69 Å². The molecular formula is C20H17F4N3O3. The zero-order valence-electron chi connectivity index (χ0n) is 15.7. The van der Waals surface area contributed by atoms with Gasteiger partial charge in [0.1, 0.15) is 5.82 Å². The number of oxazole rings is 1. The Hall–Kier alpha value is -3.01. The second kappa shape index (κ2) is 7.67. The van der Waals surface area contributed by atoms with Crippen LogP contribution in [0.3, 0.4) is 0 Å². The summed E-state index contributed by atoms with van der Waals surface area (Å²) in [4.78, 5) is 31.0. The molecule has 2 heterocycles. The number of hydrogen-bond donors (Lipinski definition) is 1. The van der Waals surface area contributed by atoms with Crippen LogP contribution in [-0.4, -0.2) is 47.6 Å². The molecule has 2 aromatic rings. The van der Waals surface area contributed by atoms with E-state index in [4.69, 9.17) is 4.42 Å². The third kappa shape index (κ3) is 3.74. The number of nitrogens with zero attached hydrogens (tertiary/aromatic N) is 2. The Morgan fingerprint density at radius 2 is 1.90 bits per heavy atom. The number of nitrogens with one attached hydrogen (secondary N) is 1. The maximum Gasteiger partial charge on any atom is 0.417 e. The number of carbonyl (C=O) groups is 2. The van der Waals surface area contributed by atoms with E-state index in [2.05, 4.69) is 15.2 Å². The number of halogens is 4. The molecule has 1 fully saturated rings. The van der Waals surface area contributed by atoms with Gasteiger partial charge in [-0.2, -0.15) is 13.2 Å². The fraction of sp³-hybridized carbons (Fsp3) is 0.350. The zero-order chi connectivity index (χ0) is 21.5. The minimum atomic E-state index is -4.87. The highest BCUT2D eigenvalue weighted by molar-refractivity contribution is 6.22. The van der Waals surface area contributed by atoms with E-state index in [0.29, 0.717) is 19.2 Å². The number of hydrogen-bond acceptors (Lipinski definition) is 6. The first-order chi connectivity index (χ1) is 14.3. The van der Waals surface area contributed by atoms with E-state index in [1.54, 1.807) is 0 Å². The number of benzene rings is 1. The Bertz CT molecular complexity index is 1040. The summed E-state index contributed by atoms with van der Waals surface area (Å²) in [6.45, 7) is 3.03. The van der Waals surface area contributed by atoms with Gasteiger partial charge in [-0.05, 0) is 38.1 Å². The van der Waals surface area contributed by atoms with E-state index in [1.807, 2.05) is 0 Å². The molecule has 0 radical (unpaired) electrons. The lowest BCUT2D eigenvalue weighted by Crippen LogP contribution is -2.33. The van der Waals surface area contributed by atoms with Crippen molar-refractivity contribution in [3.63, 3.8) is 0 Å². The molecule has 1 aliphatic heterocycles.